The lowest BCUT2D eigenvalue weighted by Gasteiger charge is -2.26. The van der Waals surface area contributed by atoms with Crippen LogP contribution in [0.4, 0.5) is 0 Å². The summed E-state index contributed by atoms with van der Waals surface area (Å²) in [4.78, 5) is 12.4. The number of allylic oxidation sites excluding steroid dienone is 1. The standard InChI is InChI=1S/C16H19NO/c18-16(12-6-2-1-3-7-12)15-10-13-8-4-5-9-14(13)11-17-15/h4-6,8-9,15,17H,1-3,7,10-11H2. The Hall–Kier alpha value is -1.41. The first kappa shape index (κ1) is 11.7. The molecule has 1 aromatic carbocycles. The number of rotatable bonds is 2. The van der Waals surface area contributed by atoms with E-state index in [0.717, 1.165) is 31.4 Å². The lowest BCUT2D eigenvalue weighted by atomic mass is 9.87. The van der Waals surface area contributed by atoms with Gasteiger partial charge in [-0.25, -0.2) is 0 Å². The Morgan fingerprint density at radius 2 is 2.00 bits per heavy atom. The quantitative estimate of drug-likeness (QED) is 0.862. The second-order valence-electron chi connectivity index (χ2n) is 5.25. The third-order valence-electron chi connectivity index (χ3n) is 4.01. The fourth-order valence-corrected chi connectivity index (χ4v) is 2.93. The Balaban J connectivity index is 1.75. The van der Waals surface area contributed by atoms with Gasteiger partial charge in [0.15, 0.2) is 5.78 Å². The lowest BCUT2D eigenvalue weighted by Crippen LogP contribution is -2.42. The zero-order chi connectivity index (χ0) is 12.4. The molecule has 18 heavy (non-hydrogen) atoms. The highest BCUT2D eigenvalue weighted by Gasteiger charge is 2.26. The predicted octanol–water partition coefficient (Wildman–Crippen LogP) is 2.77. The summed E-state index contributed by atoms with van der Waals surface area (Å²) in [7, 11) is 0. The fourth-order valence-electron chi connectivity index (χ4n) is 2.93. The number of benzene rings is 1. The van der Waals surface area contributed by atoms with Gasteiger partial charge in [-0.05, 0) is 48.8 Å². The number of ketones is 1. The third-order valence-corrected chi connectivity index (χ3v) is 4.01. The van der Waals surface area contributed by atoms with Crippen molar-refractivity contribution >= 4 is 5.78 Å². The highest BCUT2D eigenvalue weighted by molar-refractivity contribution is 5.99. The average Bonchev–Trinajstić information content (AvgIpc) is 2.47. The number of nitrogens with one attached hydrogen (secondary N) is 1. The Kier molecular flexibility index (Phi) is 3.28. The topological polar surface area (TPSA) is 29.1 Å². The first-order chi connectivity index (χ1) is 8.84. The van der Waals surface area contributed by atoms with Gasteiger partial charge in [0.2, 0.25) is 0 Å². The smallest absolute Gasteiger partial charge is 0.175 e. The van der Waals surface area contributed by atoms with Crippen molar-refractivity contribution in [2.45, 2.75) is 44.7 Å². The van der Waals surface area contributed by atoms with Crippen LogP contribution in [0.1, 0.15) is 36.8 Å². The first-order valence-corrected chi connectivity index (χ1v) is 6.88. The van der Waals surface area contributed by atoms with Crippen LogP contribution < -0.4 is 5.32 Å². The van der Waals surface area contributed by atoms with Crippen LogP contribution in [-0.2, 0) is 17.8 Å². The number of fused-ring (bicyclic) bond motifs is 1. The molecule has 2 nitrogen and oxygen atoms in total. The van der Waals surface area contributed by atoms with E-state index in [2.05, 4.69) is 35.7 Å². The molecular weight excluding hydrogens is 222 g/mol. The minimum absolute atomic E-state index is 0.00995. The van der Waals surface area contributed by atoms with Crippen LogP contribution in [0.5, 0.6) is 0 Å². The van der Waals surface area contributed by atoms with Gasteiger partial charge in [-0.3, -0.25) is 4.79 Å². The average molecular weight is 241 g/mol. The van der Waals surface area contributed by atoms with E-state index in [0.29, 0.717) is 5.78 Å². The van der Waals surface area contributed by atoms with Crippen molar-refractivity contribution in [3.05, 3.63) is 47.0 Å². The number of hydrogen-bond donors (Lipinski definition) is 1. The summed E-state index contributed by atoms with van der Waals surface area (Å²) < 4.78 is 0. The summed E-state index contributed by atoms with van der Waals surface area (Å²) in [5.74, 6) is 0.323. The molecule has 1 heterocycles. The van der Waals surface area contributed by atoms with Gasteiger partial charge in [-0.15, -0.1) is 0 Å². The van der Waals surface area contributed by atoms with Crippen LogP contribution in [0, 0.1) is 0 Å². The van der Waals surface area contributed by atoms with Crippen LogP contribution in [-0.4, -0.2) is 11.8 Å². The lowest BCUT2D eigenvalue weighted by molar-refractivity contribution is -0.117. The molecule has 0 aromatic heterocycles. The zero-order valence-electron chi connectivity index (χ0n) is 10.6. The molecule has 0 spiro atoms. The SMILES string of the molecule is O=C(C1=CCCCC1)C1Cc2ccccc2CN1. The van der Waals surface area contributed by atoms with Gasteiger partial charge >= 0.3 is 0 Å². The molecule has 94 valence electrons. The van der Waals surface area contributed by atoms with Gasteiger partial charge in [0.25, 0.3) is 0 Å². The van der Waals surface area contributed by atoms with Crippen LogP contribution in [0.2, 0.25) is 0 Å². The Bertz CT molecular complexity index is 490. The zero-order valence-corrected chi connectivity index (χ0v) is 10.6. The van der Waals surface area contributed by atoms with Crippen molar-refractivity contribution in [3.63, 3.8) is 0 Å². The number of Topliss-reactive ketones (excluding diaryl/α,β-unsaturated/α-hetero) is 1. The molecule has 1 unspecified atom stereocenters. The van der Waals surface area contributed by atoms with Gasteiger partial charge < -0.3 is 5.32 Å². The number of carbonyl (C=O) groups excluding carboxylic acids is 1. The second kappa shape index (κ2) is 5.07. The molecule has 0 fully saturated rings. The van der Waals surface area contributed by atoms with Gasteiger partial charge in [-0.1, -0.05) is 30.3 Å². The van der Waals surface area contributed by atoms with E-state index in [1.54, 1.807) is 0 Å². The summed E-state index contributed by atoms with van der Waals surface area (Å²) in [5, 5.41) is 3.38. The Labute approximate surface area is 108 Å². The van der Waals surface area contributed by atoms with Crippen molar-refractivity contribution in [3.8, 4) is 0 Å². The molecular formula is C16H19NO. The molecule has 0 amide bonds. The van der Waals surface area contributed by atoms with E-state index >= 15 is 0 Å². The van der Waals surface area contributed by atoms with Gasteiger partial charge in [0.05, 0.1) is 6.04 Å². The second-order valence-corrected chi connectivity index (χ2v) is 5.25. The maximum absolute atomic E-state index is 12.4. The first-order valence-electron chi connectivity index (χ1n) is 6.88. The van der Waals surface area contributed by atoms with Crippen molar-refractivity contribution in [2.24, 2.45) is 0 Å². The van der Waals surface area contributed by atoms with Crippen molar-refractivity contribution in [2.75, 3.05) is 0 Å². The van der Waals surface area contributed by atoms with Crippen LogP contribution in [0.25, 0.3) is 0 Å². The van der Waals surface area contributed by atoms with E-state index in [-0.39, 0.29) is 6.04 Å². The summed E-state index contributed by atoms with van der Waals surface area (Å²) in [5.41, 5.74) is 3.71. The maximum atomic E-state index is 12.4. The fraction of sp³-hybridized carbons (Fsp3) is 0.438. The third kappa shape index (κ3) is 2.25. The molecule has 1 N–H and O–H groups in total. The summed E-state index contributed by atoms with van der Waals surface area (Å²) in [6.07, 6.45) is 7.43. The molecule has 1 aliphatic carbocycles. The van der Waals surface area contributed by atoms with E-state index < -0.39 is 0 Å². The normalized spacial score (nSPS) is 23.1. The highest BCUT2D eigenvalue weighted by Crippen LogP contribution is 2.23. The molecule has 0 radical (unpaired) electrons. The predicted molar refractivity (Wildman–Crippen MR) is 72.3 cm³/mol. The molecule has 1 aliphatic heterocycles. The summed E-state index contributed by atoms with van der Waals surface area (Å²) in [6.45, 7) is 0.819. The molecule has 0 saturated carbocycles. The highest BCUT2D eigenvalue weighted by atomic mass is 16.1. The van der Waals surface area contributed by atoms with E-state index in [9.17, 15) is 4.79 Å². The largest absolute Gasteiger partial charge is 0.303 e. The molecule has 2 aliphatic rings. The van der Waals surface area contributed by atoms with Crippen molar-refractivity contribution in [1.29, 1.82) is 0 Å². The van der Waals surface area contributed by atoms with E-state index in [1.165, 1.54) is 24.0 Å². The Morgan fingerprint density at radius 3 is 2.78 bits per heavy atom. The minimum atomic E-state index is -0.00995. The van der Waals surface area contributed by atoms with Gasteiger partial charge in [-0.2, -0.15) is 0 Å². The van der Waals surface area contributed by atoms with Gasteiger partial charge in [0, 0.05) is 6.54 Å². The molecule has 2 heteroatoms. The van der Waals surface area contributed by atoms with Crippen LogP contribution >= 0.6 is 0 Å². The van der Waals surface area contributed by atoms with E-state index in [4.69, 9.17) is 0 Å². The van der Waals surface area contributed by atoms with E-state index in [1.807, 2.05) is 0 Å². The molecule has 0 saturated heterocycles. The van der Waals surface area contributed by atoms with Crippen LogP contribution in [0.15, 0.2) is 35.9 Å². The summed E-state index contributed by atoms with van der Waals surface area (Å²) >= 11 is 0. The maximum Gasteiger partial charge on any atom is 0.175 e. The van der Waals surface area contributed by atoms with Crippen LogP contribution in [0.3, 0.4) is 0 Å². The molecule has 3 rings (SSSR count). The van der Waals surface area contributed by atoms with Crippen molar-refractivity contribution < 1.29 is 4.79 Å². The molecule has 1 atom stereocenters. The molecule has 1 aromatic rings. The van der Waals surface area contributed by atoms with Gasteiger partial charge in [0.1, 0.15) is 0 Å². The van der Waals surface area contributed by atoms with Crippen molar-refractivity contribution in [1.82, 2.24) is 5.32 Å². The summed E-state index contributed by atoms with van der Waals surface area (Å²) in [6, 6.07) is 8.40. The number of carbonyl (C=O) groups is 1. The minimum Gasteiger partial charge on any atom is -0.303 e. The Morgan fingerprint density at radius 1 is 1.17 bits per heavy atom. The number of hydrogen-bond acceptors (Lipinski definition) is 2. The monoisotopic (exact) mass is 241 g/mol. The molecule has 0 bridgehead atoms.